The summed E-state index contributed by atoms with van der Waals surface area (Å²) >= 11 is 3.01. The van der Waals surface area contributed by atoms with Crippen molar-refractivity contribution < 1.29 is 22.6 Å². The first-order chi connectivity index (χ1) is 7.74. The maximum atomic E-state index is 12.2. The highest BCUT2D eigenvalue weighted by molar-refractivity contribution is 9.10. The van der Waals surface area contributed by atoms with Crippen LogP contribution in [0.15, 0.2) is 10.7 Å². The molecule has 0 fully saturated rings. The van der Waals surface area contributed by atoms with Gasteiger partial charge in [-0.05, 0) is 27.9 Å². The summed E-state index contributed by atoms with van der Waals surface area (Å²) in [4.78, 5) is 3.70. The summed E-state index contributed by atoms with van der Waals surface area (Å²) in [5.41, 5.74) is 0.336. The molecule has 0 unspecified atom stereocenters. The van der Waals surface area contributed by atoms with Crippen LogP contribution in [-0.4, -0.2) is 18.5 Å². The molecule has 0 radical (unpaired) electrons. The Balaban J connectivity index is 3.23. The zero-order valence-corrected chi connectivity index (χ0v) is 11.0. The van der Waals surface area contributed by atoms with Gasteiger partial charge in [0.1, 0.15) is 0 Å². The number of halogens is 4. The SMILES string of the molecule is COc1cc(C(C)C)c(OC(F)(F)F)nc1Br. The average molecular weight is 314 g/mol. The monoisotopic (exact) mass is 313 g/mol. The molecule has 0 aliphatic rings. The second-order valence-corrected chi connectivity index (χ2v) is 4.33. The molecule has 17 heavy (non-hydrogen) atoms. The number of alkyl halides is 3. The van der Waals surface area contributed by atoms with Gasteiger partial charge >= 0.3 is 6.36 Å². The van der Waals surface area contributed by atoms with E-state index in [-0.39, 0.29) is 10.5 Å². The molecular formula is C10H11BrF3NO2. The molecule has 0 saturated carbocycles. The van der Waals surface area contributed by atoms with E-state index in [9.17, 15) is 13.2 Å². The molecule has 3 nitrogen and oxygen atoms in total. The van der Waals surface area contributed by atoms with Gasteiger partial charge in [-0.15, -0.1) is 13.2 Å². The van der Waals surface area contributed by atoms with Gasteiger partial charge in [-0.3, -0.25) is 0 Å². The zero-order valence-electron chi connectivity index (χ0n) is 9.43. The second-order valence-electron chi connectivity index (χ2n) is 3.58. The smallest absolute Gasteiger partial charge is 0.494 e. The van der Waals surface area contributed by atoms with Crippen LogP contribution in [-0.2, 0) is 0 Å². The Hall–Kier alpha value is -0.980. The summed E-state index contributed by atoms with van der Waals surface area (Å²) in [7, 11) is 1.41. The van der Waals surface area contributed by atoms with E-state index in [2.05, 4.69) is 25.7 Å². The summed E-state index contributed by atoms with van der Waals surface area (Å²) in [6.07, 6.45) is -4.76. The Morgan fingerprint density at radius 1 is 1.35 bits per heavy atom. The van der Waals surface area contributed by atoms with E-state index < -0.39 is 12.2 Å². The fraction of sp³-hybridized carbons (Fsp3) is 0.500. The van der Waals surface area contributed by atoms with Crippen LogP contribution in [0.2, 0.25) is 0 Å². The molecule has 0 atom stereocenters. The van der Waals surface area contributed by atoms with E-state index in [0.29, 0.717) is 11.3 Å². The molecule has 0 aliphatic heterocycles. The first-order valence-electron chi connectivity index (χ1n) is 4.74. The highest BCUT2D eigenvalue weighted by Gasteiger charge is 2.33. The number of aromatic nitrogens is 1. The molecule has 1 heterocycles. The molecular weight excluding hydrogens is 303 g/mol. The van der Waals surface area contributed by atoms with Crippen molar-refractivity contribution in [2.24, 2.45) is 0 Å². The van der Waals surface area contributed by atoms with Gasteiger partial charge in [0.15, 0.2) is 10.4 Å². The Kier molecular flexibility index (Phi) is 4.24. The molecule has 0 amide bonds. The lowest BCUT2D eigenvalue weighted by atomic mass is 10.1. The van der Waals surface area contributed by atoms with Crippen molar-refractivity contribution in [3.8, 4) is 11.6 Å². The lowest BCUT2D eigenvalue weighted by Gasteiger charge is -2.16. The molecule has 7 heteroatoms. The van der Waals surface area contributed by atoms with Crippen LogP contribution in [0.5, 0.6) is 11.6 Å². The van der Waals surface area contributed by atoms with Crippen LogP contribution >= 0.6 is 15.9 Å². The molecule has 0 aliphatic carbocycles. The van der Waals surface area contributed by atoms with Crippen molar-refractivity contribution in [1.29, 1.82) is 0 Å². The van der Waals surface area contributed by atoms with Crippen molar-refractivity contribution in [1.82, 2.24) is 4.98 Å². The van der Waals surface area contributed by atoms with Crippen molar-refractivity contribution in [2.45, 2.75) is 26.1 Å². The topological polar surface area (TPSA) is 31.4 Å². The average Bonchev–Trinajstić information content (AvgIpc) is 2.14. The summed E-state index contributed by atoms with van der Waals surface area (Å²) in [6, 6.07) is 1.48. The van der Waals surface area contributed by atoms with Crippen LogP contribution in [0.3, 0.4) is 0 Å². The minimum absolute atomic E-state index is 0.165. The molecule has 0 N–H and O–H groups in total. The predicted octanol–water partition coefficient (Wildman–Crippen LogP) is 3.87. The van der Waals surface area contributed by atoms with Gasteiger partial charge in [-0.2, -0.15) is 0 Å². The Labute approximate surface area is 105 Å². The molecule has 96 valence electrons. The number of nitrogens with zero attached hydrogens (tertiary/aromatic N) is 1. The van der Waals surface area contributed by atoms with Crippen molar-refractivity contribution in [3.05, 3.63) is 16.2 Å². The van der Waals surface area contributed by atoms with Crippen molar-refractivity contribution in [2.75, 3.05) is 7.11 Å². The molecule has 1 aromatic heterocycles. The highest BCUT2D eigenvalue weighted by Crippen LogP contribution is 2.35. The van der Waals surface area contributed by atoms with E-state index in [4.69, 9.17) is 4.74 Å². The minimum Gasteiger partial charge on any atom is -0.494 e. The molecule has 0 bridgehead atoms. The summed E-state index contributed by atoms with van der Waals surface area (Å²) < 4.78 is 45.6. The minimum atomic E-state index is -4.76. The third-order valence-electron chi connectivity index (χ3n) is 1.99. The summed E-state index contributed by atoms with van der Waals surface area (Å²) in [5, 5.41) is 0. The van der Waals surface area contributed by atoms with Crippen molar-refractivity contribution >= 4 is 15.9 Å². The van der Waals surface area contributed by atoms with E-state index in [0.717, 1.165) is 0 Å². The quantitative estimate of drug-likeness (QED) is 0.794. The zero-order chi connectivity index (χ0) is 13.2. The normalized spacial score (nSPS) is 11.8. The maximum absolute atomic E-state index is 12.2. The van der Waals surface area contributed by atoms with Crippen LogP contribution < -0.4 is 9.47 Å². The lowest BCUT2D eigenvalue weighted by Crippen LogP contribution is -2.19. The Bertz CT molecular complexity index is 407. The van der Waals surface area contributed by atoms with Gasteiger partial charge in [0.25, 0.3) is 0 Å². The van der Waals surface area contributed by atoms with Gasteiger partial charge in [-0.25, -0.2) is 4.98 Å². The number of hydrogen-bond acceptors (Lipinski definition) is 3. The van der Waals surface area contributed by atoms with Gasteiger partial charge in [-0.1, -0.05) is 13.8 Å². The molecule has 1 aromatic rings. The first kappa shape index (κ1) is 14.1. The second kappa shape index (κ2) is 5.12. The van der Waals surface area contributed by atoms with Gasteiger partial charge in [0.2, 0.25) is 5.88 Å². The third kappa shape index (κ3) is 3.76. The molecule has 0 saturated heterocycles. The van der Waals surface area contributed by atoms with Crippen LogP contribution in [0.1, 0.15) is 25.3 Å². The lowest BCUT2D eigenvalue weighted by molar-refractivity contribution is -0.276. The van der Waals surface area contributed by atoms with Crippen LogP contribution in [0.4, 0.5) is 13.2 Å². The number of pyridine rings is 1. The molecule has 1 rings (SSSR count). The Morgan fingerprint density at radius 3 is 2.35 bits per heavy atom. The fourth-order valence-corrected chi connectivity index (χ4v) is 1.66. The third-order valence-corrected chi connectivity index (χ3v) is 2.56. The van der Waals surface area contributed by atoms with Crippen LogP contribution in [0.25, 0.3) is 0 Å². The summed E-state index contributed by atoms with van der Waals surface area (Å²) in [5.74, 6) is -0.259. The fourth-order valence-electron chi connectivity index (χ4n) is 1.22. The number of ether oxygens (including phenoxy) is 2. The van der Waals surface area contributed by atoms with E-state index >= 15 is 0 Å². The van der Waals surface area contributed by atoms with Crippen molar-refractivity contribution in [3.63, 3.8) is 0 Å². The van der Waals surface area contributed by atoms with E-state index in [1.54, 1.807) is 13.8 Å². The number of methoxy groups -OCH3 is 1. The van der Waals surface area contributed by atoms with Gasteiger partial charge in [0, 0.05) is 5.56 Å². The van der Waals surface area contributed by atoms with Gasteiger partial charge in [0.05, 0.1) is 7.11 Å². The molecule has 0 aromatic carbocycles. The Morgan fingerprint density at radius 2 is 1.94 bits per heavy atom. The maximum Gasteiger partial charge on any atom is 0.574 e. The van der Waals surface area contributed by atoms with Gasteiger partial charge < -0.3 is 9.47 Å². The number of rotatable bonds is 3. The highest BCUT2D eigenvalue weighted by atomic mass is 79.9. The van der Waals surface area contributed by atoms with Crippen LogP contribution in [0, 0.1) is 0 Å². The first-order valence-corrected chi connectivity index (χ1v) is 5.54. The largest absolute Gasteiger partial charge is 0.574 e. The van der Waals surface area contributed by atoms with E-state index in [1.165, 1.54) is 13.2 Å². The predicted molar refractivity (Wildman–Crippen MR) is 59.3 cm³/mol. The summed E-state index contributed by atoms with van der Waals surface area (Å²) in [6.45, 7) is 3.49. The molecule has 0 spiro atoms. The number of hydrogen-bond donors (Lipinski definition) is 0. The van der Waals surface area contributed by atoms with E-state index in [1.807, 2.05) is 0 Å². The standard InChI is InChI=1S/C10H11BrF3NO2/c1-5(2)6-4-7(16-3)8(11)15-9(6)17-10(12,13)14/h4-5H,1-3H3.